The number of ether oxygens (including phenoxy) is 1. The predicted octanol–water partition coefficient (Wildman–Crippen LogP) is 7.39. The first-order valence-corrected chi connectivity index (χ1v) is 14.2. The Morgan fingerprint density at radius 3 is 2.38 bits per heavy atom. The molecule has 0 amide bonds. The Morgan fingerprint density at radius 1 is 1.00 bits per heavy atom. The van der Waals surface area contributed by atoms with E-state index in [1.54, 1.807) is 23.1 Å². The number of thioether (sulfide) groups is 1. The largest absolute Gasteiger partial charge is 0.468 e. The molecule has 0 atom stereocenters. The minimum absolute atomic E-state index is 0.229. The topological polar surface area (TPSA) is 60.5 Å². The number of carbonyl (C=O) groups is 1. The molecule has 2 heterocycles. The van der Waals surface area contributed by atoms with Gasteiger partial charge in [0, 0.05) is 29.7 Å². The molecule has 0 saturated carbocycles. The zero-order valence-electron chi connectivity index (χ0n) is 24.1. The van der Waals surface area contributed by atoms with E-state index in [1.807, 2.05) is 78.1 Å². The van der Waals surface area contributed by atoms with Crippen LogP contribution in [0.15, 0.2) is 82.4 Å². The molecule has 2 aromatic carbocycles. The van der Waals surface area contributed by atoms with Crippen molar-refractivity contribution in [2.45, 2.75) is 83.0 Å². The van der Waals surface area contributed by atoms with Crippen LogP contribution in [0.1, 0.15) is 62.8 Å². The molecule has 4 aromatic rings. The van der Waals surface area contributed by atoms with Crippen LogP contribution in [0.2, 0.25) is 0 Å². The van der Waals surface area contributed by atoms with E-state index < -0.39 is 10.3 Å². The molecule has 212 valence electrons. The van der Waals surface area contributed by atoms with Gasteiger partial charge in [-0.1, -0.05) is 30.3 Å². The van der Waals surface area contributed by atoms with Crippen LogP contribution in [0.5, 0.6) is 0 Å². The first-order chi connectivity index (χ1) is 18.9. The molecule has 0 fully saturated rings. The van der Waals surface area contributed by atoms with Gasteiger partial charge < -0.3 is 9.15 Å². The van der Waals surface area contributed by atoms with E-state index >= 15 is 0 Å². The smallest absolute Gasteiger partial charge is 0.322 e. The summed E-state index contributed by atoms with van der Waals surface area (Å²) >= 11 is 1.49. The minimum atomic E-state index is -0.709. The average Bonchev–Trinajstić information content (AvgIpc) is 3.50. The van der Waals surface area contributed by atoms with Gasteiger partial charge in [0.25, 0.3) is 0 Å². The normalized spacial score (nSPS) is 12.2. The number of benzene rings is 2. The van der Waals surface area contributed by atoms with Crippen molar-refractivity contribution in [3.8, 4) is 0 Å². The Labute approximate surface area is 240 Å². The molecule has 6 nitrogen and oxygen atoms in total. The highest BCUT2D eigenvalue weighted by atomic mass is 32.2. The van der Waals surface area contributed by atoms with Gasteiger partial charge in [-0.3, -0.25) is 14.4 Å². The molecule has 8 heteroatoms. The van der Waals surface area contributed by atoms with Crippen molar-refractivity contribution in [2.75, 3.05) is 0 Å². The molecule has 0 unspecified atom stereocenters. The van der Waals surface area contributed by atoms with Gasteiger partial charge in [-0.15, -0.1) is 11.8 Å². The molecule has 0 bridgehead atoms. The first-order valence-electron chi connectivity index (χ1n) is 13.4. The van der Waals surface area contributed by atoms with E-state index in [2.05, 4.69) is 17.0 Å². The third-order valence-electron chi connectivity index (χ3n) is 6.26. The summed E-state index contributed by atoms with van der Waals surface area (Å²) in [5, 5.41) is 4.78. The van der Waals surface area contributed by atoms with Crippen LogP contribution in [-0.2, 0) is 35.7 Å². The lowest BCUT2D eigenvalue weighted by atomic mass is 10.1. The average molecular weight is 564 g/mol. The van der Waals surface area contributed by atoms with Crippen LogP contribution in [0.25, 0.3) is 0 Å². The van der Waals surface area contributed by atoms with Gasteiger partial charge in [-0.05, 0) is 83.0 Å². The van der Waals surface area contributed by atoms with Crippen molar-refractivity contribution < 1.29 is 18.3 Å². The van der Waals surface area contributed by atoms with Crippen LogP contribution >= 0.6 is 11.8 Å². The fourth-order valence-corrected chi connectivity index (χ4v) is 5.25. The van der Waals surface area contributed by atoms with E-state index in [1.165, 1.54) is 17.8 Å². The van der Waals surface area contributed by atoms with Gasteiger partial charge >= 0.3 is 5.97 Å². The summed E-state index contributed by atoms with van der Waals surface area (Å²) in [6.45, 7) is 13.7. The van der Waals surface area contributed by atoms with Gasteiger partial charge in [-0.2, -0.15) is 5.10 Å². The van der Waals surface area contributed by atoms with Crippen LogP contribution in [-0.4, -0.2) is 31.0 Å². The number of esters is 1. The third-order valence-corrected chi connectivity index (χ3v) is 7.45. The minimum Gasteiger partial charge on any atom is -0.468 e. The monoisotopic (exact) mass is 563 g/mol. The van der Waals surface area contributed by atoms with Gasteiger partial charge in [-0.25, -0.2) is 4.39 Å². The maximum atomic E-state index is 14.2. The molecule has 0 aliphatic rings. The van der Waals surface area contributed by atoms with E-state index in [0.29, 0.717) is 31.7 Å². The number of aromatic nitrogens is 2. The fraction of sp³-hybridized carbons (Fsp3) is 0.375. The zero-order valence-corrected chi connectivity index (χ0v) is 24.9. The lowest BCUT2D eigenvalue weighted by Crippen LogP contribution is -2.36. The summed E-state index contributed by atoms with van der Waals surface area (Å²) in [7, 11) is 0. The molecule has 0 spiro atoms. The molecule has 0 aliphatic heterocycles. The Morgan fingerprint density at radius 2 is 1.73 bits per heavy atom. The Balaban J connectivity index is 1.46. The predicted molar refractivity (Wildman–Crippen MR) is 156 cm³/mol. The highest BCUT2D eigenvalue weighted by Crippen LogP contribution is 2.35. The molecular weight excluding hydrogens is 525 g/mol. The van der Waals surface area contributed by atoms with Crippen molar-refractivity contribution in [3.63, 3.8) is 0 Å². The number of hydrogen-bond acceptors (Lipinski definition) is 6. The molecule has 2 aromatic heterocycles. The number of aryl methyl sites for hydroxylation is 1. The molecule has 0 N–H and O–H groups in total. The highest BCUT2D eigenvalue weighted by Gasteiger charge is 2.33. The van der Waals surface area contributed by atoms with E-state index in [4.69, 9.17) is 14.3 Å². The summed E-state index contributed by atoms with van der Waals surface area (Å²) in [5.41, 5.74) is 3.21. The number of rotatable bonds is 11. The number of hydrogen-bond donors (Lipinski definition) is 0. The van der Waals surface area contributed by atoms with Gasteiger partial charge in [0.1, 0.15) is 21.9 Å². The zero-order chi connectivity index (χ0) is 28.9. The van der Waals surface area contributed by atoms with Gasteiger partial charge in [0.15, 0.2) is 0 Å². The summed E-state index contributed by atoms with van der Waals surface area (Å²) in [4.78, 5) is 16.0. The molecule has 0 radical (unpaired) electrons. The molecule has 0 aliphatic carbocycles. The van der Waals surface area contributed by atoms with Crippen molar-refractivity contribution >= 4 is 17.7 Å². The van der Waals surface area contributed by atoms with Crippen molar-refractivity contribution in [3.05, 3.63) is 107 Å². The van der Waals surface area contributed by atoms with Crippen molar-refractivity contribution in [1.29, 1.82) is 0 Å². The first kappa shape index (κ1) is 29.6. The fourth-order valence-electron chi connectivity index (χ4n) is 4.26. The SMILES string of the molecule is Cc1cn(Cc2ccccc2F)nc1CN(Cc1ccc(SC(C)(C)C(=O)OC(C)(C)C)cc1)Cc1ccco1. The van der Waals surface area contributed by atoms with Crippen LogP contribution < -0.4 is 0 Å². The molecule has 4 rings (SSSR count). The van der Waals surface area contributed by atoms with Crippen LogP contribution in [0.4, 0.5) is 4.39 Å². The second-order valence-corrected chi connectivity index (χ2v) is 13.2. The van der Waals surface area contributed by atoms with Crippen LogP contribution in [0, 0.1) is 12.7 Å². The Hall–Kier alpha value is -3.36. The Kier molecular flexibility index (Phi) is 9.21. The number of halogens is 1. The lowest BCUT2D eigenvalue weighted by Gasteiger charge is -2.28. The highest BCUT2D eigenvalue weighted by molar-refractivity contribution is 8.01. The lowest BCUT2D eigenvalue weighted by molar-refractivity contribution is -0.156. The Bertz CT molecular complexity index is 1410. The summed E-state index contributed by atoms with van der Waals surface area (Å²) in [6, 6.07) is 18.9. The number of carbonyl (C=O) groups excluding carboxylic acids is 1. The second kappa shape index (κ2) is 12.4. The molecular formula is C32H38FN3O3S. The number of furan rings is 1. The maximum absolute atomic E-state index is 14.2. The quantitative estimate of drug-likeness (QED) is 0.140. The second-order valence-electron chi connectivity index (χ2n) is 11.5. The van der Waals surface area contributed by atoms with Crippen molar-refractivity contribution in [2.24, 2.45) is 0 Å². The molecule has 40 heavy (non-hydrogen) atoms. The maximum Gasteiger partial charge on any atom is 0.322 e. The summed E-state index contributed by atoms with van der Waals surface area (Å²) in [5.74, 6) is 0.408. The standard InChI is InChI=1S/C32H38FN3O3S/c1-23-18-36(20-25-10-7-8-12-28(25)33)34-29(23)22-35(21-26-11-9-17-38-26)19-24-13-15-27(16-14-24)40-32(5,6)30(37)39-31(2,3)4/h7-18H,19-22H2,1-6H3. The van der Waals surface area contributed by atoms with Gasteiger partial charge in [0.2, 0.25) is 0 Å². The van der Waals surface area contributed by atoms with E-state index in [0.717, 1.165) is 27.5 Å². The third kappa shape index (κ3) is 8.32. The number of nitrogens with zero attached hydrogens (tertiary/aromatic N) is 3. The molecule has 0 saturated heterocycles. The van der Waals surface area contributed by atoms with E-state index in [9.17, 15) is 9.18 Å². The van der Waals surface area contributed by atoms with Crippen molar-refractivity contribution in [1.82, 2.24) is 14.7 Å². The summed E-state index contributed by atoms with van der Waals surface area (Å²) in [6.07, 6.45) is 3.64. The van der Waals surface area contributed by atoms with E-state index in [-0.39, 0.29) is 11.8 Å². The van der Waals surface area contributed by atoms with Gasteiger partial charge in [0.05, 0.1) is 25.0 Å². The van der Waals surface area contributed by atoms with Crippen LogP contribution in [0.3, 0.4) is 0 Å². The summed E-state index contributed by atoms with van der Waals surface area (Å²) < 4.78 is 26.5.